The van der Waals surface area contributed by atoms with Gasteiger partial charge in [-0.15, -0.1) is 16.8 Å². The number of aromatic nitrogens is 3. The smallest absolute Gasteiger partial charge is 0.251 e. The van der Waals surface area contributed by atoms with Gasteiger partial charge in [0, 0.05) is 22.8 Å². The molecule has 9 heteroatoms. The van der Waals surface area contributed by atoms with E-state index in [1.54, 1.807) is 30.3 Å². The number of rotatable bonds is 9. The molecule has 32 heavy (non-hydrogen) atoms. The summed E-state index contributed by atoms with van der Waals surface area (Å²) in [5.41, 5.74) is 3.09. The van der Waals surface area contributed by atoms with Gasteiger partial charge in [0.1, 0.15) is 0 Å². The molecule has 2 amide bonds. The zero-order chi connectivity index (χ0) is 23.1. The highest BCUT2D eigenvalue weighted by molar-refractivity contribution is 7.99. The van der Waals surface area contributed by atoms with Crippen LogP contribution in [0, 0.1) is 13.8 Å². The number of hydrogen-bond donors (Lipinski definition) is 2. The van der Waals surface area contributed by atoms with E-state index < -0.39 is 0 Å². The second-order valence-electron chi connectivity index (χ2n) is 7.10. The highest BCUT2D eigenvalue weighted by atomic mass is 35.5. The van der Waals surface area contributed by atoms with Crippen molar-refractivity contribution in [2.24, 2.45) is 0 Å². The van der Waals surface area contributed by atoms with Gasteiger partial charge in [0.15, 0.2) is 11.0 Å². The fourth-order valence-corrected chi connectivity index (χ4v) is 3.92. The summed E-state index contributed by atoms with van der Waals surface area (Å²) in [7, 11) is 0. The normalized spacial score (nSPS) is 10.6. The molecule has 3 rings (SSSR count). The maximum absolute atomic E-state index is 12.4. The summed E-state index contributed by atoms with van der Waals surface area (Å²) in [6.07, 6.45) is 1.72. The highest BCUT2D eigenvalue weighted by Gasteiger charge is 2.15. The lowest BCUT2D eigenvalue weighted by atomic mass is 10.1. The predicted octanol–water partition coefficient (Wildman–Crippen LogP) is 4.40. The van der Waals surface area contributed by atoms with E-state index in [0.29, 0.717) is 33.8 Å². The van der Waals surface area contributed by atoms with Crippen LogP contribution < -0.4 is 10.6 Å². The molecule has 1 heterocycles. The van der Waals surface area contributed by atoms with Crippen molar-refractivity contribution < 1.29 is 9.59 Å². The molecule has 2 N–H and O–H groups in total. The Kier molecular flexibility index (Phi) is 8.08. The summed E-state index contributed by atoms with van der Waals surface area (Å²) in [4.78, 5) is 24.8. The van der Waals surface area contributed by atoms with Gasteiger partial charge in [0.2, 0.25) is 5.91 Å². The van der Waals surface area contributed by atoms with E-state index in [1.165, 1.54) is 11.8 Å². The molecule has 0 saturated carbocycles. The van der Waals surface area contributed by atoms with Gasteiger partial charge in [-0.3, -0.25) is 9.59 Å². The first kappa shape index (κ1) is 23.6. The van der Waals surface area contributed by atoms with Crippen LogP contribution in [0.4, 0.5) is 5.69 Å². The first-order valence-electron chi connectivity index (χ1n) is 9.94. The van der Waals surface area contributed by atoms with Gasteiger partial charge in [-0.05, 0) is 43.7 Å². The number of aryl methyl sites for hydroxylation is 1. The minimum atomic E-state index is -0.188. The van der Waals surface area contributed by atoms with Crippen LogP contribution >= 0.6 is 23.4 Å². The van der Waals surface area contributed by atoms with Gasteiger partial charge < -0.3 is 15.2 Å². The summed E-state index contributed by atoms with van der Waals surface area (Å²) in [5.74, 6) is 0.367. The first-order valence-corrected chi connectivity index (χ1v) is 11.3. The number of halogens is 1. The number of hydrogen-bond acceptors (Lipinski definition) is 5. The summed E-state index contributed by atoms with van der Waals surface area (Å²) < 4.78 is 1.83. The Hall–Kier alpha value is -3.10. The largest absolute Gasteiger partial charge is 0.345 e. The van der Waals surface area contributed by atoms with Crippen LogP contribution in [0.25, 0.3) is 0 Å². The summed E-state index contributed by atoms with van der Waals surface area (Å²) in [6, 6.07) is 12.7. The third-order valence-corrected chi connectivity index (χ3v) is 6.04. The fraction of sp³-hybridized carbons (Fsp3) is 0.217. The molecule has 0 radical (unpaired) electrons. The van der Waals surface area contributed by atoms with Crippen LogP contribution in [0.3, 0.4) is 0 Å². The average molecular weight is 470 g/mol. The number of allylic oxidation sites excluding steroid dienone is 1. The van der Waals surface area contributed by atoms with E-state index in [0.717, 1.165) is 11.1 Å². The molecule has 3 aromatic rings. The summed E-state index contributed by atoms with van der Waals surface area (Å²) in [5, 5.41) is 15.3. The molecule has 1 aromatic heterocycles. The van der Waals surface area contributed by atoms with Crippen LogP contribution in [-0.2, 0) is 17.9 Å². The van der Waals surface area contributed by atoms with Gasteiger partial charge in [-0.25, -0.2) is 0 Å². The molecule has 0 aliphatic rings. The van der Waals surface area contributed by atoms with Crippen molar-refractivity contribution in [3.63, 3.8) is 0 Å². The number of thioether (sulfide) groups is 1. The molecule has 2 aromatic carbocycles. The summed E-state index contributed by atoms with van der Waals surface area (Å²) >= 11 is 7.37. The van der Waals surface area contributed by atoms with Crippen molar-refractivity contribution in [3.8, 4) is 0 Å². The molecule has 7 nitrogen and oxygen atoms in total. The highest BCUT2D eigenvalue weighted by Crippen LogP contribution is 2.24. The van der Waals surface area contributed by atoms with E-state index in [1.807, 2.05) is 36.6 Å². The fourth-order valence-electron chi connectivity index (χ4n) is 2.98. The molecule has 0 atom stereocenters. The molecule has 0 unspecified atom stereocenters. The van der Waals surface area contributed by atoms with E-state index in [9.17, 15) is 9.59 Å². The quantitative estimate of drug-likeness (QED) is 0.358. The Balaban J connectivity index is 1.62. The molecule has 0 fully saturated rings. The second kappa shape index (κ2) is 11.0. The molecule has 166 valence electrons. The summed E-state index contributed by atoms with van der Waals surface area (Å²) in [6.45, 7) is 8.23. The number of nitrogens with one attached hydrogen (secondary N) is 2. The van der Waals surface area contributed by atoms with E-state index >= 15 is 0 Å². The van der Waals surface area contributed by atoms with Crippen LogP contribution in [-0.4, -0.2) is 32.3 Å². The van der Waals surface area contributed by atoms with Crippen LogP contribution in [0.2, 0.25) is 5.02 Å². The third kappa shape index (κ3) is 5.99. The van der Waals surface area contributed by atoms with Crippen molar-refractivity contribution in [2.45, 2.75) is 32.1 Å². The first-order chi connectivity index (χ1) is 15.4. The lowest BCUT2D eigenvalue weighted by molar-refractivity contribution is -0.113. The standard InChI is InChI=1S/C23H24ClN5O2S/c1-4-11-29-20(13-25-22(31)17-8-5-7-15(2)12-17)27-28-23(29)32-14-21(30)26-19-10-6-9-18(24)16(19)3/h4-10,12H,1,11,13-14H2,2-3H3,(H,25,31)(H,26,30). The third-order valence-electron chi connectivity index (χ3n) is 4.67. The van der Waals surface area contributed by atoms with Gasteiger partial charge in [-0.1, -0.05) is 53.2 Å². The van der Waals surface area contributed by atoms with E-state index in [2.05, 4.69) is 27.4 Å². The molecular formula is C23H24ClN5O2S. The minimum absolute atomic E-state index is 0.150. The van der Waals surface area contributed by atoms with Crippen molar-refractivity contribution >= 4 is 40.9 Å². The topological polar surface area (TPSA) is 88.9 Å². The number of benzene rings is 2. The lowest BCUT2D eigenvalue weighted by Gasteiger charge is -2.10. The second-order valence-corrected chi connectivity index (χ2v) is 8.45. The Morgan fingerprint density at radius 3 is 2.72 bits per heavy atom. The van der Waals surface area contributed by atoms with Gasteiger partial charge in [0.05, 0.1) is 12.3 Å². The maximum atomic E-state index is 12.4. The Morgan fingerprint density at radius 2 is 1.97 bits per heavy atom. The zero-order valence-electron chi connectivity index (χ0n) is 17.9. The monoisotopic (exact) mass is 469 g/mol. The molecule has 0 saturated heterocycles. The number of carbonyl (C=O) groups excluding carboxylic acids is 2. The van der Waals surface area contributed by atoms with Crippen LogP contribution in [0.1, 0.15) is 27.3 Å². The van der Waals surface area contributed by atoms with E-state index in [-0.39, 0.29) is 24.1 Å². The van der Waals surface area contributed by atoms with Gasteiger partial charge in [0.25, 0.3) is 5.91 Å². The van der Waals surface area contributed by atoms with E-state index in [4.69, 9.17) is 11.6 Å². The van der Waals surface area contributed by atoms with Crippen molar-refractivity contribution in [3.05, 3.63) is 82.7 Å². The SMILES string of the molecule is C=CCn1c(CNC(=O)c2cccc(C)c2)nnc1SCC(=O)Nc1cccc(Cl)c1C. The van der Waals surface area contributed by atoms with Crippen molar-refractivity contribution in [1.29, 1.82) is 0 Å². The van der Waals surface area contributed by atoms with Crippen LogP contribution in [0.5, 0.6) is 0 Å². The Bertz CT molecular complexity index is 1150. The maximum Gasteiger partial charge on any atom is 0.251 e. The minimum Gasteiger partial charge on any atom is -0.345 e. The van der Waals surface area contributed by atoms with Gasteiger partial charge >= 0.3 is 0 Å². The molecule has 0 aliphatic carbocycles. The molecule has 0 aliphatic heterocycles. The van der Waals surface area contributed by atoms with Crippen molar-refractivity contribution in [2.75, 3.05) is 11.1 Å². The Labute approximate surface area is 196 Å². The van der Waals surface area contributed by atoms with Crippen LogP contribution in [0.15, 0.2) is 60.3 Å². The molecular weight excluding hydrogens is 446 g/mol. The molecule has 0 bridgehead atoms. The molecule has 0 spiro atoms. The number of anilines is 1. The number of amides is 2. The Morgan fingerprint density at radius 1 is 1.19 bits per heavy atom. The average Bonchev–Trinajstić information content (AvgIpc) is 3.15. The lowest BCUT2D eigenvalue weighted by Crippen LogP contribution is -2.25. The number of nitrogens with zero attached hydrogens (tertiary/aromatic N) is 3. The van der Waals surface area contributed by atoms with Gasteiger partial charge in [-0.2, -0.15) is 0 Å². The number of carbonyl (C=O) groups is 2. The predicted molar refractivity (Wildman–Crippen MR) is 128 cm³/mol. The zero-order valence-corrected chi connectivity index (χ0v) is 19.5. The van der Waals surface area contributed by atoms with Crippen molar-refractivity contribution in [1.82, 2.24) is 20.1 Å².